The summed E-state index contributed by atoms with van der Waals surface area (Å²) in [4.78, 5) is 2.12. The molecule has 0 bridgehead atoms. The van der Waals surface area contributed by atoms with E-state index in [0.29, 0.717) is 0 Å². The third kappa shape index (κ3) is 3.65. The third-order valence-electron chi connectivity index (χ3n) is 4.81. The molecule has 0 heterocycles. The lowest BCUT2D eigenvalue weighted by atomic mass is 9.77. The maximum absolute atomic E-state index is 12.0. The van der Waals surface area contributed by atoms with Gasteiger partial charge in [0, 0.05) is 0 Å². The van der Waals surface area contributed by atoms with Crippen LogP contribution < -0.4 is 0 Å². The van der Waals surface area contributed by atoms with Crippen LogP contribution in [-0.4, -0.2) is 30.1 Å². The fourth-order valence-electron chi connectivity index (χ4n) is 3.48. The van der Waals surface area contributed by atoms with Crippen molar-refractivity contribution < 1.29 is 5.11 Å². The van der Waals surface area contributed by atoms with Crippen molar-refractivity contribution >= 4 is 0 Å². The first-order chi connectivity index (χ1) is 12.1. The van der Waals surface area contributed by atoms with Crippen molar-refractivity contribution in [3.05, 3.63) is 108 Å². The Balaban J connectivity index is 2.11. The molecule has 0 aliphatic rings. The van der Waals surface area contributed by atoms with Crippen LogP contribution in [0.15, 0.2) is 91.0 Å². The normalized spacial score (nSPS) is 13.0. The van der Waals surface area contributed by atoms with Gasteiger partial charge < -0.3 is 10.0 Å². The van der Waals surface area contributed by atoms with Gasteiger partial charge in [0.05, 0.1) is 6.04 Å². The number of benzene rings is 3. The zero-order valence-corrected chi connectivity index (χ0v) is 14.8. The molecule has 3 aromatic rings. The van der Waals surface area contributed by atoms with E-state index in [4.69, 9.17) is 0 Å². The molecule has 2 nitrogen and oxygen atoms in total. The van der Waals surface area contributed by atoms with Crippen LogP contribution in [0.3, 0.4) is 0 Å². The molecule has 0 saturated carbocycles. The molecule has 0 aliphatic carbocycles. The van der Waals surface area contributed by atoms with Crippen LogP contribution in [-0.2, 0) is 12.0 Å². The molecule has 1 atom stereocenters. The monoisotopic (exact) mass is 331 g/mol. The Morgan fingerprint density at radius 3 is 1.52 bits per heavy atom. The Kier molecular flexibility index (Phi) is 5.32. The van der Waals surface area contributed by atoms with Gasteiger partial charge in [0.2, 0.25) is 0 Å². The number of nitrogens with zero attached hydrogens (tertiary/aromatic N) is 1. The number of hydrogen-bond donors (Lipinski definition) is 1. The van der Waals surface area contributed by atoms with Crippen LogP contribution >= 0.6 is 0 Å². The van der Waals surface area contributed by atoms with Crippen molar-refractivity contribution in [2.45, 2.75) is 18.1 Å². The van der Waals surface area contributed by atoms with E-state index in [1.807, 2.05) is 93.0 Å². The molecular weight excluding hydrogens is 306 g/mol. The smallest absolute Gasteiger partial charge is 0.130 e. The molecule has 0 fully saturated rings. The predicted octanol–water partition coefficient (Wildman–Crippen LogP) is 4.10. The zero-order valence-electron chi connectivity index (χ0n) is 14.8. The van der Waals surface area contributed by atoms with Crippen LogP contribution in [0.1, 0.15) is 16.7 Å². The topological polar surface area (TPSA) is 23.5 Å². The van der Waals surface area contributed by atoms with Gasteiger partial charge in [0.1, 0.15) is 5.60 Å². The van der Waals surface area contributed by atoms with Gasteiger partial charge in [-0.2, -0.15) is 0 Å². The van der Waals surface area contributed by atoms with Gasteiger partial charge in [-0.05, 0) is 37.2 Å². The minimum absolute atomic E-state index is 0.0975. The molecule has 25 heavy (non-hydrogen) atoms. The number of rotatable bonds is 6. The molecule has 0 unspecified atom stereocenters. The Bertz CT molecular complexity index is 729. The van der Waals surface area contributed by atoms with Gasteiger partial charge in [-0.1, -0.05) is 91.0 Å². The second kappa shape index (κ2) is 7.64. The SMILES string of the molecule is CN(C)[C@@H](Cc1ccccc1)C(O)(c1ccccc1)c1ccccc1. The van der Waals surface area contributed by atoms with Crippen molar-refractivity contribution in [3.63, 3.8) is 0 Å². The summed E-state index contributed by atoms with van der Waals surface area (Å²) in [5.74, 6) is 0. The molecule has 128 valence electrons. The van der Waals surface area contributed by atoms with Crippen LogP contribution in [0.4, 0.5) is 0 Å². The standard InChI is InChI=1S/C23H25NO/c1-24(2)22(18-19-12-6-3-7-13-19)23(25,20-14-8-4-9-15-20)21-16-10-5-11-17-21/h3-17,22,25H,18H2,1-2H3/t22-/m0/s1. The maximum Gasteiger partial charge on any atom is 0.130 e. The van der Waals surface area contributed by atoms with Gasteiger partial charge in [-0.3, -0.25) is 0 Å². The lowest BCUT2D eigenvalue weighted by Crippen LogP contribution is -2.50. The van der Waals surface area contributed by atoms with Crippen LogP contribution in [0, 0.1) is 0 Å². The first-order valence-corrected chi connectivity index (χ1v) is 8.66. The highest BCUT2D eigenvalue weighted by Crippen LogP contribution is 2.36. The summed E-state index contributed by atoms with van der Waals surface area (Å²) in [5.41, 5.74) is 1.94. The largest absolute Gasteiger partial charge is 0.379 e. The van der Waals surface area contributed by atoms with E-state index in [2.05, 4.69) is 17.0 Å². The summed E-state index contributed by atoms with van der Waals surface area (Å²) in [6.45, 7) is 0. The highest BCUT2D eigenvalue weighted by Gasteiger charge is 2.41. The second-order valence-corrected chi connectivity index (χ2v) is 6.67. The van der Waals surface area contributed by atoms with Crippen molar-refractivity contribution in [3.8, 4) is 0 Å². The van der Waals surface area contributed by atoms with Crippen LogP contribution in [0.5, 0.6) is 0 Å². The van der Waals surface area contributed by atoms with Gasteiger partial charge >= 0.3 is 0 Å². The molecule has 0 amide bonds. The Morgan fingerprint density at radius 1 is 0.720 bits per heavy atom. The van der Waals surface area contributed by atoms with Crippen LogP contribution in [0.25, 0.3) is 0 Å². The van der Waals surface area contributed by atoms with Crippen molar-refractivity contribution in [2.75, 3.05) is 14.1 Å². The Hall–Kier alpha value is -2.42. The third-order valence-corrected chi connectivity index (χ3v) is 4.81. The Morgan fingerprint density at radius 2 is 1.12 bits per heavy atom. The quantitative estimate of drug-likeness (QED) is 0.735. The molecule has 1 N–H and O–H groups in total. The van der Waals surface area contributed by atoms with E-state index in [-0.39, 0.29) is 6.04 Å². The minimum Gasteiger partial charge on any atom is -0.379 e. The van der Waals surface area contributed by atoms with E-state index in [9.17, 15) is 5.11 Å². The summed E-state index contributed by atoms with van der Waals surface area (Å²) >= 11 is 0. The van der Waals surface area contributed by atoms with Crippen molar-refractivity contribution in [1.82, 2.24) is 4.90 Å². The summed E-state index contributed by atoms with van der Waals surface area (Å²) in [6, 6.07) is 30.2. The van der Waals surface area contributed by atoms with Gasteiger partial charge in [-0.25, -0.2) is 0 Å². The summed E-state index contributed by atoms with van der Waals surface area (Å²) in [6.07, 6.45) is 0.758. The average molecular weight is 331 g/mol. The molecule has 2 heteroatoms. The Labute approximate surface area is 150 Å². The summed E-state index contributed by atoms with van der Waals surface area (Å²) in [7, 11) is 4.06. The van der Waals surface area contributed by atoms with Gasteiger partial charge in [-0.15, -0.1) is 0 Å². The molecule has 0 radical (unpaired) electrons. The first-order valence-electron chi connectivity index (χ1n) is 8.66. The molecule has 0 aliphatic heterocycles. The van der Waals surface area contributed by atoms with Gasteiger partial charge in [0.25, 0.3) is 0 Å². The number of hydrogen-bond acceptors (Lipinski definition) is 2. The molecule has 3 rings (SSSR count). The molecule has 0 aromatic heterocycles. The molecular formula is C23H25NO. The molecule has 3 aromatic carbocycles. The molecule has 0 saturated heterocycles. The van der Waals surface area contributed by atoms with E-state index >= 15 is 0 Å². The van der Waals surface area contributed by atoms with Gasteiger partial charge in [0.15, 0.2) is 0 Å². The minimum atomic E-state index is -1.10. The van der Waals surface area contributed by atoms with Crippen LogP contribution in [0.2, 0.25) is 0 Å². The van der Waals surface area contributed by atoms with Crippen molar-refractivity contribution in [1.29, 1.82) is 0 Å². The predicted molar refractivity (Wildman–Crippen MR) is 104 cm³/mol. The fraction of sp³-hybridized carbons (Fsp3) is 0.217. The molecule has 0 spiro atoms. The number of aliphatic hydroxyl groups is 1. The highest BCUT2D eigenvalue weighted by molar-refractivity contribution is 5.39. The first kappa shape index (κ1) is 17.4. The zero-order chi connectivity index (χ0) is 17.7. The lowest BCUT2D eigenvalue weighted by Gasteiger charge is -2.41. The van der Waals surface area contributed by atoms with E-state index < -0.39 is 5.60 Å². The average Bonchev–Trinajstić information content (AvgIpc) is 2.67. The second-order valence-electron chi connectivity index (χ2n) is 6.67. The summed E-state index contributed by atoms with van der Waals surface area (Å²) < 4.78 is 0. The fourth-order valence-corrected chi connectivity index (χ4v) is 3.48. The van der Waals surface area contributed by atoms with Crippen molar-refractivity contribution in [2.24, 2.45) is 0 Å². The van der Waals surface area contributed by atoms with E-state index in [1.54, 1.807) is 0 Å². The highest BCUT2D eigenvalue weighted by atomic mass is 16.3. The van der Waals surface area contributed by atoms with E-state index in [0.717, 1.165) is 17.5 Å². The van der Waals surface area contributed by atoms with E-state index in [1.165, 1.54) is 5.56 Å². The maximum atomic E-state index is 12.0. The summed E-state index contributed by atoms with van der Waals surface area (Å²) in [5, 5.41) is 12.0. The number of likely N-dealkylation sites (N-methyl/N-ethyl adjacent to an activating group) is 1. The lowest BCUT2D eigenvalue weighted by molar-refractivity contribution is -0.00316.